The molecule has 0 saturated carbocycles. The van der Waals surface area contributed by atoms with Gasteiger partial charge in [-0.1, -0.05) is 35.6 Å². The van der Waals surface area contributed by atoms with Gasteiger partial charge in [0.05, 0.1) is 23.4 Å². The molecule has 1 aromatic heterocycles. The maximum atomic E-state index is 11.8. The van der Waals surface area contributed by atoms with Crippen molar-refractivity contribution in [3.63, 3.8) is 0 Å². The van der Waals surface area contributed by atoms with E-state index >= 15 is 0 Å². The van der Waals surface area contributed by atoms with E-state index in [0.29, 0.717) is 5.13 Å². The Morgan fingerprint density at radius 3 is 3.00 bits per heavy atom. The number of anilines is 1. The van der Waals surface area contributed by atoms with Crippen LogP contribution in [0.2, 0.25) is 0 Å². The molecule has 6 heteroatoms. The van der Waals surface area contributed by atoms with Crippen molar-refractivity contribution in [2.75, 3.05) is 31.6 Å². The highest BCUT2D eigenvalue weighted by molar-refractivity contribution is 7.22. The number of rotatable bonds is 5. The van der Waals surface area contributed by atoms with E-state index in [2.05, 4.69) is 27.3 Å². The smallest absolute Gasteiger partial charge is 0.250 e. The third-order valence-corrected chi connectivity index (χ3v) is 4.68. The molecule has 2 heterocycles. The Morgan fingerprint density at radius 1 is 1.38 bits per heavy atom. The van der Waals surface area contributed by atoms with Crippen molar-refractivity contribution in [2.24, 2.45) is 0 Å². The number of carbonyl (C=O) groups excluding carboxylic acids is 1. The van der Waals surface area contributed by atoms with Gasteiger partial charge in [0.25, 0.3) is 0 Å². The molecule has 1 aliphatic rings. The lowest BCUT2D eigenvalue weighted by Crippen LogP contribution is -2.35. The highest BCUT2D eigenvalue weighted by Gasteiger charge is 2.12. The van der Waals surface area contributed by atoms with E-state index in [0.717, 1.165) is 43.1 Å². The van der Waals surface area contributed by atoms with Gasteiger partial charge in [0.2, 0.25) is 5.91 Å². The SMILES string of the molecule is C/C=C/C=C/C(=O)Nc1nc2ccc(CN3CCOCC3)cc2s1. The maximum absolute atomic E-state index is 11.8. The number of morpholine rings is 1. The Hall–Kier alpha value is -2.02. The first-order chi connectivity index (χ1) is 11.7. The van der Waals surface area contributed by atoms with Gasteiger partial charge >= 0.3 is 0 Å². The van der Waals surface area contributed by atoms with Gasteiger partial charge in [-0.3, -0.25) is 15.0 Å². The second-order valence-corrected chi connectivity index (χ2v) is 6.61. The summed E-state index contributed by atoms with van der Waals surface area (Å²) < 4.78 is 6.47. The number of fused-ring (bicyclic) bond motifs is 1. The number of hydrogen-bond donors (Lipinski definition) is 1. The molecule has 5 nitrogen and oxygen atoms in total. The molecule has 0 radical (unpaired) electrons. The molecule has 126 valence electrons. The van der Waals surface area contributed by atoms with Crippen molar-refractivity contribution >= 4 is 32.6 Å². The number of amides is 1. The van der Waals surface area contributed by atoms with Crippen LogP contribution in [-0.4, -0.2) is 42.1 Å². The predicted octanol–water partition coefficient (Wildman–Crippen LogP) is 3.20. The standard InChI is InChI=1S/C18H21N3O2S/c1-2-3-4-5-17(22)20-18-19-15-7-6-14(12-16(15)24-18)13-21-8-10-23-11-9-21/h2-7,12H,8-11,13H2,1H3,(H,19,20,22)/b3-2+,5-4+. The summed E-state index contributed by atoms with van der Waals surface area (Å²) in [5.41, 5.74) is 2.18. The first kappa shape index (κ1) is 16.8. The molecule has 1 N–H and O–H groups in total. The van der Waals surface area contributed by atoms with Gasteiger partial charge in [-0.2, -0.15) is 0 Å². The molecule has 2 aromatic rings. The molecule has 24 heavy (non-hydrogen) atoms. The fourth-order valence-electron chi connectivity index (χ4n) is 2.54. The molecular weight excluding hydrogens is 322 g/mol. The third-order valence-electron chi connectivity index (χ3n) is 3.74. The van der Waals surface area contributed by atoms with Crippen LogP contribution in [0.5, 0.6) is 0 Å². The Balaban J connectivity index is 1.68. The molecule has 0 atom stereocenters. The van der Waals surface area contributed by atoms with Crippen molar-refractivity contribution in [3.8, 4) is 0 Å². The highest BCUT2D eigenvalue weighted by Crippen LogP contribution is 2.27. The zero-order chi connectivity index (χ0) is 16.8. The van der Waals surface area contributed by atoms with Crippen LogP contribution >= 0.6 is 11.3 Å². The van der Waals surface area contributed by atoms with Gasteiger partial charge in [0.15, 0.2) is 5.13 Å². The lowest BCUT2D eigenvalue weighted by molar-refractivity contribution is -0.111. The van der Waals surface area contributed by atoms with Gasteiger partial charge in [0, 0.05) is 25.7 Å². The molecule has 0 unspecified atom stereocenters. The number of nitrogens with zero attached hydrogens (tertiary/aromatic N) is 2. The van der Waals surface area contributed by atoms with E-state index in [1.165, 1.54) is 23.0 Å². The van der Waals surface area contributed by atoms with Crippen LogP contribution in [0.4, 0.5) is 5.13 Å². The molecule has 0 bridgehead atoms. The number of aromatic nitrogens is 1. The molecule has 0 aliphatic carbocycles. The number of thiazole rings is 1. The predicted molar refractivity (Wildman–Crippen MR) is 98.3 cm³/mol. The van der Waals surface area contributed by atoms with Crippen molar-refractivity contribution in [2.45, 2.75) is 13.5 Å². The Kier molecular flexibility index (Phi) is 5.74. The summed E-state index contributed by atoms with van der Waals surface area (Å²) in [5, 5.41) is 3.44. The Bertz CT molecular complexity index is 761. The minimum absolute atomic E-state index is 0.166. The first-order valence-corrected chi connectivity index (χ1v) is 8.86. The molecule has 1 aromatic carbocycles. The summed E-state index contributed by atoms with van der Waals surface area (Å²) in [4.78, 5) is 18.7. The molecule has 1 amide bonds. The lowest BCUT2D eigenvalue weighted by Gasteiger charge is -2.26. The number of benzene rings is 1. The van der Waals surface area contributed by atoms with E-state index in [-0.39, 0.29) is 5.91 Å². The van der Waals surface area contributed by atoms with E-state index in [1.807, 2.05) is 25.1 Å². The van der Waals surface area contributed by atoms with Gasteiger partial charge in [-0.05, 0) is 24.6 Å². The number of ether oxygens (including phenoxy) is 1. The van der Waals surface area contributed by atoms with Crippen LogP contribution < -0.4 is 5.32 Å². The van der Waals surface area contributed by atoms with Crippen LogP contribution in [0, 0.1) is 0 Å². The third kappa shape index (κ3) is 4.50. The normalized spacial score (nSPS) is 16.4. The van der Waals surface area contributed by atoms with E-state index in [1.54, 1.807) is 6.08 Å². The van der Waals surface area contributed by atoms with E-state index in [4.69, 9.17) is 4.74 Å². The van der Waals surface area contributed by atoms with Crippen molar-refractivity contribution in [1.29, 1.82) is 0 Å². The van der Waals surface area contributed by atoms with Crippen molar-refractivity contribution < 1.29 is 9.53 Å². The molecule has 3 rings (SSSR count). The van der Waals surface area contributed by atoms with Crippen LogP contribution in [-0.2, 0) is 16.1 Å². The number of nitrogens with one attached hydrogen (secondary N) is 1. The summed E-state index contributed by atoms with van der Waals surface area (Å²) in [7, 11) is 0. The summed E-state index contributed by atoms with van der Waals surface area (Å²) in [6, 6.07) is 6.29. The molecule has 1 aliphatic heterocycles. The van der Waals surface area contributed by atoms with Gasteiger partial charge in [0.1, 0.15) is 0 Å². The average Bonchev–Trinajstić information content (AvgIpc) is 2.97. The average molecular weight is 343 g/mol. The number of hydrogen-bond acceptors (Lipinski definition) is 5. The van der Waals surface area contributed by atoms with Gasteiger partial charge in [-0.25, -0.2) is 4.98 Å². The van der Waals surface area contributed by atoms with E-state index < -0.39 is 0 Å². The van der Waals surface area contributed by atoms with Crippen LogP contribution in [0.15, 0.2) is 42.5 Å². The summed E-state index contributed by atoms with van der Waals surface area (Å²) in [6.45, 7) is 6.38. The first-order valence-electron chi connectivity index (χ1n) is 8.04. The largest absolute Gasteiger partial charge is 0.379 e. The van der Waals surface area contributed by atoms with Crippen LogP contribution in [0.3, 0.4) is 0 Å². The minimum atomic E-state index is -0.166. The molecule has 0 spiro atoms. The van der Waals surface area contributed by atoms with Crippen LogP contribution in [0.25, 0.3) is 10.2 Å². The second kappa shape index (κ2) is 8.19. The second-order valence-electron chi connectivity index (χ2n) is 5.58. The lowest BCUT2D eigenvalue weighted by atomic mass is 10.2. The minimum Gasteiger partial charge on any atom is -0.379 e. The fourth-order valence-corrected chi connectivity index (χ4v) is 3.47. The van der Waals surface area contributed by atoms with Gasteiger partial charge in [-0.15, -0.1) is 0 Å². The molecule has 1 fully saturated rings. The maximum Gasteiger partial charge on any atom is 0.250 e. The fraction of sp³-hybridized carbons (Fsp3) is 0.333. The van der Waals surface area contributed by atoms with Crippen LogP contribution in [0.1, 0.15) is 12.5 Å². The molecular formula is C18H21N3O2S. The zero-order valence-corrected chi connectivity index (χ0v) is 14.5. The van der Waals surface area contributed by atoms with Gasteiger partial charge < -0.3 is 4.74 Å². The summed E-state index contributed by atoms with van der Waals surface area (Å²) in [5.74, 6) is -0.166. The molecule has 1 saturated heterocycles. The number of carbonyl (C=O) groups is 1. The van der Waals surface area contributed by atoms with Crippen molar-refractivity contribution in [3.05, 3.63) is 48.1 Å². The summed E-state index contributed by atoms with van der Waals surface area (Å²) >= 11 is 1.50. The van der Waals surface area contributed by atoms with E-state index in [9.17, 15) is 4.79 Å². The Morgan fingerprint density at radius 2 is 2.21 bits per heavy atom. The zero-order valence-electron chi connectivity index (χ0n) is 13.7. The topological polar surface area (TPSA) is 54.5 Å². The summed E-state index contributed by atoms with van der Waals surface area (Å²) in [6.07, 6.45) is 6.90. The quantitative estimate of drug-likeness (QED) is 0.669. The Labute approximate surface area is 145 Å². The number of allylic oxidation sites excluding steroid dienone is 3. The van der Waals surface area contributed by atoms with Crippen molar-refractivity contribution in [1.82, 2.24) is 9.88 Å². The highest BCUT2D eigenvalue weighted by atomic mass is 32.1. The monoisotopic (exact) mass is 343 g/mol.